The van der Waals surface area contributed by atoms with Gasteiger partial charge in [0.2, 0.25) is 5.88 Å². The quantitative estimate of drug-likeness (QED) is 0.851. The van der Waals surface area contributed by atoms with Crippen molar-refractivity contribution in [2.45, 2.75) is 39.9 Å². The molecular weight excluding hydrogens is 274 g/mol. The van der Waals surface area contributed by atoms with E-state index in [1.54, 1.807) is 7.11 Å². The molecule has 0 fully saturated rings. The van der Waals surface area contributed by atoms with Crippen LogP contribution in [0.3, 0.4) is 0 Å². The lowest BCUT2D eigenvalue weighted by molar-refractivity contribution is 0.178. The molecular formula is C15H20ClN3O. The summed E-state index contributed by atoms with van der Waals surface area (Å²) in [6.07, 6.45) is 0. The standard InChI is InChI=1S/C15H20ClN3O/c1-9(2)18-5-6-19-13(8-18)10(3)11-7-12(16)15(20-4)17-14(11)19/h7,9H,5-6,8H2,1-4H3. The van der Waals surface area contributed by atoms with Crippen LogP contribution in [0, 0.1) is 6.92 Å². The van der Waals surface area contributed by atoms with Gasteiger partial charge in [-0.05, 0) is 32.4 Å². The Kier molecular flexibility index (Phi) is 3.38. The monoisotopic (exact) mass is 293 g/mol. The molecule has 0 saturated heterocycles. The summed E-state index contributed by atoms with van der Waals surface area (Å²) < 4.78 is 7.55. The van der Waals surface area contributed by atoms with E-state index < -0.39 is 0 Å². The van der Waals surface area contributed by atoms with Crippen LogP contribution < -0.4 is 4.74 Å². The number of rotatable bonds is 2. The van der Waals surface area contributed by atoms with E-state index in [0.717, 1.165) is 30.7 Å². The second-order valence-electron chi connectivity index (χ2n) is 5.64. The Morgan fingerprint density at radius 1 is 1.35 bits per heavy atom. The van der Waals surface area contributed by atoms with Crippen molar-refractivity contribution in [1.29, 1.82) is 0 Å². The second kappa shape index (κ2) is 4.93. The molecule has 0 bridgehead atoms. The molecule has 0 amide bonds. The minimum atomic E-state index is 0.505. The highest BCUT2D eigenvalue weighted by Gasteiger charge is 2.24. The number of nitrogens with zero attached hydrogens (tertiary/aromatic N) is 3. The number of ether oxygens (including phenoxy) is 1. The van der Waals surface area contributed by atoms with Crippen LogP contribution in [-0.2, 0) is 13.1 Å². The predicted octanol–water partition coefficient (Wildman–Crippen LogP) is 3.23. The largest absolute Gasteiger partial charge is 0.480 e. The Labute approximate surface area is 124 Å². The van der Waals surface area contributed by atoms with Crippen LogP contribution >= 0.6 is 11.6 Å². The van der Waals surface area contributed by atoms with Crippen LogP contribution in [0.1, 0.15) is 25.1 Å². The zero-order chi connectivity index (χ0) is 14.4. The van der Waals surface area contributed by atoms with Gasteiger partial charge in [0.1, 0.15) is 10.7 Å². The van der Waals surface area contributed by atoms with Gasteiger partial charge in [0.05, 0.1) is 7.11 Å². The minimum Gasteiger partial charge on any atom is -0.480 e. The van der Waals surface area contributed by atoms with E-state index >= 15 is 0 Å². The lowest BCUT2D eigenvalue weighted by atomic mass is 10.1. The maximum Gasteiger partial charge on any atom is 0.234 e. The molecule has 0 radical (unpaired) electrons. The SMILES string of the molecule is COc1nc2c(cc1Cl)c(C)c1n2CCN(C(C)C)C1. The van der Waals surface area contributed by atoms with Gasteiger partial charge >= 0.3 is 0 Å². The Hall–Kier alpha value is -1.26. The van der Waals surface area contributed by atoms with Crippen molar-refractivity contribution in [2.24, 2.45) is 0 Å². The van der Waals surface area contributed by atoms with Crippen molar-refractivity contribution >= 4 is 22.6 Å². The van der Waals surface area contributed by atoms with E-state index in [9.17, 15) is 0 Å². The van der Waals surface area contributed by atoms with Crippen molar-refractivity contribution in [2.75, 3.05) is 13.7 Å². The summed E-state index contributed by atoms with van der Waals surface area (Å²) in [5, 5.41) is 1.71. The van der Waals surface area contributed by atoms with Crippen molar-refractivity contribution < 1.29 is 4.74 Å². The van der Waals surface area contributed by atoms with Crippen LogP contribution in [0.4, 0.5) is 0 Å². The van der Waals surface area contributed by atoms with Crippen molar-refractivity contribution in [3.05, 3.63) is 22.3 Å². The smallest absolute Gasteiger partial charge is 0.234 e. The molecule has 3 heterocycles. The molecule has 20 heavy (non-hydrogen) atoms. The van der Waals surface area contributed by atoms with E-state index in [1.807, 2.05) is 6.07 Å². The molecule has 5 heteroatoms. The number of methoxy groups -OCH3 is 1. The van der Waals surface area contributed by atoms with E-state index in [2.05, 4.69) is 35.2 Å². The fraction of sp³-hybridized carbons (Fsp3) is 0.533. The van der Waals surface area contributed by atoms with Gasteiger partial charge in [0.15, 0.2) is 0 Å². The normalized spacial score (nSPS) is 15.9. The van der Waals surface area contributed by atoms with E-state index in [4.69, 9.17) is 16.3 Å². The number of halogens is 1. The van der Waals surface area contributed by atoms with Gasteiger partial charge in [-0.15, -0.1) is 0 Å². The van der Waals surface area contributed by atoms with E-state index in [0.29, 0.717) is 16.9 Å². The molecule has 4 nitrogen and oxygen atoms in total. The number of hydrogen-bond donors (Lipinski definition) is 0. The first kappa shape index (κ1) is 13.7. The average Bonchev–Trinajstić information content (AvgIpc) is 2.70. The predicted molar refractivity (Wildman–Crippen MR) is 81.6 cm³/mol. The number of aryl methyl sites for hydroxylation is 1. The maximum absolute atomic E-state index is 6.21. The van der Waals surface area contributed by atoms with Crippen molar-refractivity contribution in [3.8, 4) is 5.88 Å². The Morgan fingerprint density at radius 3 is 2.75 bits per heavy atom. The number of aromatic nitrogens is 2. The fourth-order valence-electron chi connectivity index (χ4n) is 2.96. The summed E-state index contributed by atoms with van der Waals surface area (Å²) in [5.74, 6) is 0.505. The van der Waals surface area contributed by atoms with Crippen LogP contribution in [0.5, 0.6) is 5.88 Å². The highest BCUT2D eigenvalue weighted by molar-refractivity contribution is 6.32. The summed E-state index contributed by atoms with van der Waals surface area (Å²) >= 11 is 6.21. The third-order valence-corrected chi connectivity index (χ3v) is 4.50. The highest BCUT2D eigenvalue weighted by Crippen LogP contribution is 2.33. The van der Waals surface area contributed by atoms with E-state index in [-0.39, 0.29) is 0 Å². The lowest BCUT2D eigenvalue weighted by Crippen LogP contribution is -2.38. The molecule has 3 rings (SSSR count). The van der Waals surface area contributed by atoms with Crippen LogP contribution in [-0.4, -0.2) is 34.1 Å². The van der Waals surface area contributed by atoms with Gasteiger partial charge in [0.25, 0.3) is 0 Å². The molecule has 0 aromatic carbocycles. The van der Waals surface area contributed by atoms with E-state index in [1.165, 1.54) is 11.3 Å². The molecule has 0 aliphatic carbocycles. The van der Waals surface area contributed by atoms with Crippen molar-refractivity contribution in [1.82, 2.24) is 14.5 Å². The van der Waals surface area contributed by atoms with Gasteiger partial charge < -0.3 is 9.30 Å². The third-order valence-electron chi connectivity index (χ3n) is 4.23. The van der Waals surface area contributed by atoms with Crippen LogP contribution in [0.15, 0.2) is 6.07 Å². The summed E-state index contributed by atoms with van der Waals surface area (Å²) in [7, 11) is 1.60. The minimum absolute atomic E-state index is 0.505. The molecule has 0 atom stereocenters. The summed E-state index contributed by atoms with van der Waals surface area (Å²) in [5.41, 5.74) is 3.61. The molecule has 108 valence electrons. The molecule has 0 unspecified atom stereocenters. The first-order valence-corrected chi connectivity index (χ1v) is 7.37. The first-order chi connectivity index (χ1) is 9.52. The lowest BCUT2D eigenvalue weighted by Gasteiger charge is -2.32. The molecule has 0 spiro atoms. The Balaban J connectivity index is 2.17. The van der Waals surface area contributed by atoms with Gasteiger partial charge in [-0.25, -0.2) is 0 Å². The second-order valence-corrected chi connectivity index (χ2v) is 6.05. The number of hydrogen-bond acceptors (Lipinski definition) is 3. The third kappa shape index (κ3) is 1.98. The first-order valence-electron chi connectivity index (χ1n) is 6.99. The Bertz CT molecular complexity index is 663. The molecule has 2 aromatic rings. The highest BCUT2D eigenvalue weighted by atomic mass is 35.5. The summed E-state index contributed by atoms with van der Waals surface area (Å²) in [6.45, 7) is 9.63. The summed E-state index contributed by atoms with van der Waals surface area (Å²) in [6, 6.07) is 2.54. The topological polar surface area (TPSA) is 30.3 Å². The Morgan fingerprint density at radius 2 is 2.10 bits per heavy atom. The fourth-order valence-corrected chi connectivity index (χ4v) is 3.19. The molecule has 0 saturated carbocycles. The maximum atomic E-state index is 6.21. The molecule has 1 aliphatic rings. The van der Waals surface area contributed by atoms with Gasteiger partial charge in [-0.1, -0.05) is 11.6 Å². The van der Waals surface area contributed by atoms with Gasteiger partial charge in [0, 0.05) is 36.8 Å². The number of fused-ring (bicyclic) bond motifs is 3. The van der Waals surface area contributed by atoms with Crippen LogP contribution in [0.25, 0.3) is 11.0 Å². The van der Waals surface area contributed by atoms with Gasteiger partial charge in [-0.2, -0.15) is 4.98 Å². The zero-order valence-corrected chi connectivity index (χ0v) is 13.2. The zero-order valence-electron chi connectivity index (χ0n) is 12.4. The number of pyridine rings is 1. The molecule has 2 aromatic heterocycles. The van der Waals surface area contributed by atoms with Crippen LogP contribution in [0.2, 0.25) is 5.02 Å². The average molecular weight is 294 g/mol. The van der Waals surface area contributed by atoms with Gasteiger partial charge in [-0.3, -0.25) is 4.90 Å². The molecule has 1 aliphatic heterocycles. The summed E-state index contributed by atoms with van der Waals surface area (Å²) in [4.78, 5) is 7.07. The molecule has 0 N–H and O–H groups in total. The van der Waals surface area contributed by atoms with Crippen molar-refractivity contribution in [3.63, 3.8) is 0 Å².